The second-order valence-corrected chi connectivity index (χ2v) is 9.52. The Morgan fingerprint density at radius 2 is 2.00 bits per heavy atom. The Labute approximate surface area is 136 Å². The van der Waals surface area contributed by atoms with Crippen LogP contribution >= 0.6 is 11.3 Å². The van der Waals surface area contributed by atoms with E-state index >= 15 is 0 Å². The lowest BCUT2D eigenvalue weighted by atomic mass is 9.96. The number of hydrogen-bond acceptors (Lipinski definition) is 5. The molecular formula is C15H24N2O3S2. The zero-order chi connectivity index (χ0) is 15.7. The summed E-state index contributed by atoms with van der Waals surface area (Å²) in [5, 5.41) is 1.15. The van der Waals surface area contributed by atoms with Crippen LogP contribution in [0.5, 0.6) is 0 Å². The van der Waals surface area contributed by atoms with Crippen LogP contribution in [0.25, 0.3) is 0 Å². The molecule has 0 aromatic carbocycles. The van der Waals surface area contributed by atoms with Gasteiger partial charge in [0.1, 0.15) is 5.25 Å². The van der Waals surface area contributed by atoms with Gasteiger partial charge in [-0.05, 0) is 31.9 Å². The van der Waals surface area contributed by atoms with Crippen molar-refractivity contribution in [3.05, 3.63) is 21.9 Å². The summed E-state index contributed by atoms with van der Waals surface area (Å²) in [5.74, 6) is 0. The van der Waals surface area contributed by atoms with Gasteiger partial charge in [-0.15, -0.1) is 11.3 Å². The van der Waals surface area contributed by atoms with Gasteiger partial charge in [0.2, 0.25) is 10.0 Å². The molecule has 1 aromatic rings. The first-order chi connectivity index (χ1) is 10.5. The molecule has 7 heteroatoms. The maximum atomic E-state index is 12.8. The minimum absolute atomic E-state index is 0.0929. The molecule has 1 aliphatic heterocycles. The molecule has 1 saturated heterocycles. The monoisotopic (exact) mass is 344 g/mol. The zero-order valence-electron chi connectivity index (χ0n) is 13.1. The highest BCUT2D eigenvalue weighted by molar-refractivity contribution is 7.90. The molecule has 0 bridgehead atoms. The minimum Gasteiger partial charge on any atom is -0.297 e. The number of aryl methyl sites for hydroxylation is 1. The molecule has 22 heavy (non-hydrogen) atoms. The SMILES string of the molecule is Cc1ccc(C2C(S(=O)(=O)NC3CCCCC3)CON2C)s1. The number of rotatable bonds is 4. The number of hydroxylamine groups is 2. The number of nitrogens with zero attached hydrogens (tertiary/aromatic N) is 1. The van der Waals surface area contributed by atoms with Crippen LogP contribution in [0.3, 0.4) is 0 Å². The fraction of sp³-hybridized carbons (Fsp3) is 0.733. The summed E-state index contributed by atoms with van der Waals surface area (Å²) in [6.45, 7) is 2.26. The predicted octanol–water partition coefficient (Wildman–Crippen LogP) is 2.60. The van der Waals surface area contributed by atoms with E-state index in [4.69, 9.17) is 4.84 Å². The van der Waals surface area contributed by atoms with Crippen LogP contribution in [-0.4, -0.2) is 38.4 Å². The molecule has 2 unspecified atom stereocenters. The zero-order valence-corrected chi connectivity index (χ0v) is 14.8. The van der Waals surface area contributed by atoms with Crippen LogP contribution in [0.1, 0.15) is 47.9 Å². The van der Waals surface area contributed by atoms with Crippen LogP contribution in [-0.2, 0) is 14.9 Å². The lowest BCUT2D eigenvalue weighted by molar-refractivity contribution is -0.110. The largest absolute Gasteiger partial charge is 0.297 e. The molecule has 1 saturated carbocycles. The van der Waals surface area contributed by atoms with Crippen molar-refractivity contribution in [1.82, 2.24) is 9.79 Å². The van der Waals surface area contributed by atoms with E-state index in [-0.39, 0.29) is 18.7 Å². The van der Waals surface area contributed by atoms with E-state index in [1.165, 1.54) is 11.3 Å². The normalized spacial score (nSPS) is 28.3. The lowest BCUT2D eigenvalue weighted by Crippen LogP contribution is -2.44. The van der Waals surface area contributed by atoms with Gasteiger partial charge in [0.25, 0.3) is 0 Å². The highest BCUT2D eigenvalue weighted by atomic mass is 32.2. The van der Waals surface area contributed by atoms with Gasteiger partial charge in [-0.3, -0.25) is 4.84 Å². The van der Waals surface area contributed by atoms with Crippen LogP contribution in [0.15, 0.2) is 12.1 Å². The fourth-order valence-electron chi connectivity index (χ4n) is 3.37. The van der Waals surface area contributed by atoms with Gasteiger partial charge in [0.15, 0.2) is 0 Å². The minimum atomic E-state index is -3.39. The Hall–Kier alpha value is -0.470. The Morgan fingerprint density at radius 3 is 2.64 bits per heavy atom. The molecule has 1 aliphatic carbocycles. The number of hydrogen-bond donors (Lipinski definition) is 1. The smallest absolute Gasteiger partial charge is 0.219 e. The Morgan fingerprint density at radius 1 is 1.27 bits per heavy atom. The maximum Gasteiger partial charge on any atom is 0.219 e. The standard InChI is InChI=1S/C15H24N2O3S2/c1-11-8-9-13(21-11)15-14(10-20-17(15)2)22(18,19)16-12-6-4-3-5-7-12/h8-9,12,14-16H,3-7,10H2,1-2H3. The van der Waals surface area contributed by atoms with E-state index in [9.17, 15) is 8.42 Å². The van der Waals surface area contributed by atoms with Crippen molar-refractivity contribution in [2.75, 3.05) is 13.7 Å². The van der Waals surface area contributed by atoms with Crippen molar-refractivity contribution in [1.29, 1.82) is 0 Å². The predicted molar refractivity (Wildman–Crippen MR) is 88.2 cm³/mol. The van der Waals surface area contributed by atoms with Crippen LogP contribution in [0, 0.1) is 6.92 Å². The molecule has 1 N–H and O–H groups in total. The molecule has 5 nitrogen and oxygen atoms in total. The molecule has 1 aromatic heterocycles. The molecule has 0 spiro atoms. The summed E-state index contributed by atoms with van der Waals surface area (Å²) >= 11 is 1.64. The third-order valence-electron chi connectivity index (χ3n) is 4.57. The molecule has 2 heterocycles. The third-order valence-corrected chi connectivity index (χ3v) is 7.50. The van der Waals surface area contributed by atoms with Gasteiger partial charge in [-0.25, -0.2) is 13.1 Å². The molecular weight excluding hydrogens is 320 g/mol. The van der Waals surface area contributed by atoms with Gasteiger partial charge in [0, 0.05) is 22.8 Å². The Balaban J connectivity index is 1.78. The van der Waals surface area contributed by atoms with Crippen molar-refractivity contribution in [3.8, 4) is 0 Å². The van der Waals surface area contributed by atoms with Crippen LogP contribution in [0.4, 0.5) is 0 Å². The summed E-state index contributed by atoms with van der Waals surface area (Å²) in [6.07, 6.45) is 5.34. The summed E-state index contributed by atoms with van der Waals surface area (Å²) in [7, 11) is -1.58. The number of sulfonamides is 1. The Bertz CT molecular complexity index is 608. The average Bonchev–Trinajstić information content (AvgIpc) is 3.05. The molecule has 2 atom stereocenters. The van der Waals surface area contributed by atoms with Gasteiger partial charge in [-0.1, -0.05) is 19.3 Å². The second-order valence-electron chi connectivity index (χ2n) is 6.27. The molecule has 3 rings (SSSR count). The first-order valence-electron chi connectivity index (χ1n) is 7.90. The molecule has 0 radical (unpaired) electrons. The van der Waals surface area contributed by atoms with Crippen molar-refractivity contribution in [3.63, 3.8) is 0 Å². The van der Waals surface area contributed by atoms with E-state index in [0.717, 1.165) is 30.6 Å². The van der Waals surface area contributed by atoms with Gasteiger partial charge in [-0.2, -0.15) is 5.06 Å². The summed E-state index contributed by atoms with van der Waals surface area (Å²) < 4.78 is 28.6. The second kappa shape index (κ2) is 6.57. The molecule has 124 valence electrons. The van der Waals surface area contributed by atoms with E-state index in [2.05, 4.69) is 4.72 Å². The van der Waals surface area contributed by atoms with Gasteiger partial charge >= 0.3 is 0 Å². The van der Waals surface area contributed by atoms with Crippen molar-refractivity contribution in [2.24, 2.45) is 0 Å². The highest BCUT2D eigenvalue weighted by Gasteiger charge is 2.44. The quantitative estimate of drug-likeness (QED) is 0.912. The number of nitrogens with one attached hydrogen (secondary N) is 1. The van der Waals surface area contributed by atoms with E-state index in [1.807, 2.05) is 26.1 Å². The first kappa shape index (κ1) is 16.4. The third kappa shape index (κ3) is 3.38. The van der Waals surface area contributed by atoms with Crippen molar-refractivity contribution in [2.45, 2.75) is 56.4 Å². The maximum absolute atomic E-state index is 12.8. The van der Waals surface area contributed by atoms with Crippen LogP contribution < -0.4 is 4.72 Å². The fourth-order valence-corrected chi connectivity index (χ4v) is 6.31. The highest BCUT2D eigenvalue weighted by Crippen LogP contribution is 2.37. The van der Waals surface area contributed by atoms with Crippen molar-refractivity contribution >= 4 is 21.4 Å². The lowest BCUT2D eigenvalue weighted by Gasteiger charge is -2.26. The molecule has 2 fully saturated rings. The van der Waals surface area contributed by atoms with Crippen LogP contribution in [0.2, 0.25) is 0 Å². The summed E-state index contributed by atoms with van der Waals surface area (Å²) in [4.78, 5) is 7.78. The van der Waals surface area contributed by atoms with E-state index in [0.29, 0.717) is 0 Å². The van der Waals surface area contributed by atoms with E-state index < -0.39 is 15.3 Å². The summed E-state index contributed by atoms with van der Waals surface area (Å²) in [5.41, 5.74) is 0. The molecule has 0 amide bonds. The van der Waals surface area contributed by atoms with Gasteiger partial charge in [0.05, 0.1) is 12.6 Å². The van der Waals surface area contributed by atoms with E-state index in [1.54, 1.807) is 16.4 Å². The van der Waals surface area contributed by atoms with Crippen molar-refractivity contribution < 1.29 is 13.3 Å². The summed E-state index contributed by atoms with van der Waals surface area (Å²) in [6, 6.07) is 3.92. The Kier molecular flexibility index (Phi) is 4.89. The molecule has 2 aliphatic rings. The first-order valence-corrected chi connectivity index (χ1v) is 10.3. The topological polar surface area (TPSA) is 58.6 Å². The van der Waals surface area contributed by atoms with Gasteiger partial charge < -0.3 is 0 Å². The average molecular weight is 345 g/mol. The number of thiophene rings is 1.